The maximum atomic E-state index is 12.6. The molecule has 2 N–H and O–H groups in total. The summed E-state index contributed by atoms with van der Waals surface area (Å²) in [6, 6.07) is 2.96. The number of sulfonamides is 1. The zero-order chi connectivity index (χ0) is 15.3. The van der Waals surface area contributed by atoms with Crippen molar-refractivity contribution in [3.63, 3.8) is 0 Å². The Bertz CT molecular complexity index is 603. The van der Waals surface area contributed by atoms with Crippen LogP contribution in [0.25, 0.3) is 0 Å². The molecular weight excluding hydrogens is 292 g/mol. The molecule has 8 heteroatoms. The van der Waals surface area contributed by atoms with Crippen molar-refractivity contribution in [1.29, 1.82) is 0 Å². The van der Waals surface area contributed by atoms with Crippen molar-refractivity contribution < 1.29 is 13.2 Å². The first-order valence-electron chi connectivity index (χ1n) is 7.01. The Hall–Kier alpha value is -1.67. The van der Waals surface area contributed by atoms with E-state index in [-0.39, 0.29) is 17.3 Å². The Morgan fingerprint density at radius 3 is 3.05 bits per heavy atom. The second-order valence-corrected chi connectivity index (χ2v) is 6.78. The van der Waals surface area contributed by atoms with E-state index in [4.69, 9.17) is 0 Å². The number of aromatic nitrogens is 1. The summed E-state index contributed by atoms with van der Waals surface area (Å²) >= 11 is 0. The van der Waals surface area contributed by atoms with Crippen LogP contribution in [0, 0.1) is 0 Å². The number of nitrogens with one attached hydrogen (secondary N) is 2. The Balaban J connectivity index is 2.23. The molecule has 1 amide bonds. The van der Waals surface area contributed by atoms with Crippen molar-refractivity contribution in [3.8, 4) is 0 Å². The van der Waals surface area contributed by atoms with Gasteiger partial charge in [-0.15, -0.1) is 0 Å². The maximum Gasteiger partial charge on any atom is 0.243 e. The standard InChI is InChI=1S/C13H20N4O3S/c1-2-5-14-12-9-11(4-7-15-12)21(19,20)17-8-3-6-16-13(18)10-17/h4,7,9H,2-3,5-6,8,10H2,1H3,(H,14,15)(H,16,18). The van der Waals surface area contributed by atoms with Crippen LogP contribution in [0.3, 0.4) is 0 Å². The number of carbonyl (C=O) groups excluding carboxylic acids is 1. The molecule has 0 spiro atoms. The lowest BCUT2D eigenvalue weighted by atomic mass is 10.4. The molecule has 1 aliphatic heterocycles. The third kappa shape index (κ3) is 3.92. The summed E-state index contributed by atoms with van der Waals surface area (Å²) in [6.45, 7) is 3.44. The number of rotatable bonds is 5. The molecule has 1 fully saturated rings. The molecule has 1 aromatic heterocycles. The molecule has 1 saturated heterocycles. The second-order valence-electron chi connectivity index (χ2n) is 4.85. The van der Waals surface area contributed by atoms with Gasteiger partial charge in [0.05, 0.1) is 11.4 Å². The number of amides is 1. The van der Waals surface area contributed by atoms with Gasteiger partial charge in [-0.2, -0.15) is 4.31 Å². The van der Waals surface area contributed by atoms with Gasteiger partial charge in [0.2, 0.25) is 15.9 Å². The zero-order valence-corrected chi connectivity index (χ0v) is 12.8. The number of carbonyl (C=O) groups is 1. The molecule has 0 saturated carbocycles. The normalized spacial score (nSPS) is 17.1. The van der Waals surface area contributed by atoms with E-state index < -0.39 is 10.0 Å². The van der Waals surface area contributed by atoms with E-state index in [0.29, 0.717) is 25.3 Å². The molecule has 21 heavy (non-hydrogen) atoms. The molecule has 1 aliphatic rings. The van der Waals surface area contributed by atoms with Crippen molar-refractivity contribution in [3.05, 3.63) is 18.3 Å². The highest BCUT2D eigenvalue weighted by atomic mass is 32.2. The fourth-order valence-electron chi connectivity index (χ4n) is 2.05. The first-order valence-corrected chi connectivity index (χ1v) is 8.45. The number of pyridine rings is 1. The minimum absolute atomic E-state index is 0.137. The molecule has 2 rings (SSSR count). The van der Waals surface area contributed by atoms with Crippen molar-refractivity contribution in [2.24, 2.45) is 0 Å². The largest absolute Gasteiger partial charge is 0.370 e. The zero-order valence-electron chi connectivity index (χ0n) is 12.0. The fourth-order valence-corrected chi connectivity index (χ4v) is 3.50. The lowest BCUT2D eigenvalue weighted by molar-refractivity contribution is -0.120. The summed E-state index contributed by atoms with van der Waals surface area (Å²) in [5.74, 6) is 0.256. The average molecular weight is 312 g/mol. The molecule has 0 atom stereocenters. The van der Waals surface area contributed by atoms with Gasteiger partial charge < -0.3 is 10.6 Å². The predicted octanol–water partition coefficient (Wildman–Crippen LogP) is 0.414. The van der Waals surface area contributed by atoms with Crippen molar-refractivity contribution in [2.45, 2.75) is 24.7 Å². The Kier molecular flexibility index (Phi) is 5.13. The molecular formula is C13H20N4O3S. The number of nitrogens with zero attached hydrogens (tertiary/aromatic N) is 2. The molecule has 0 bridgehead atoms. The summed E-state index contributed by atoms with van der Waals surface area (Å²) in [5, 5.41) is 5.73. The Morgan fingerprint density at radius 1 is 1.48 bits per heavy atom. The van der Waals surface area contributed by atoms with Crippen molar-refractivity contribution in [1.82, 2.24) is 14.6 Å². The SMILES string of the molecule is CCCNc1cc(S(=O)(=O)N2CCCNC(=O)C2)ccn1. The van der Waals surface area contributed by atoms with Crippen molar-refractivity contribution >= 4 is 21.7 Å². The van der Waals surface area contributed by atoms with Crippen LogP contribution < -0.4 is 10.6 Å². The minimum Gasteiger partial charge on any atom is -0.370 e. The number of hydrogen-bond donors (Lipinski definition) is 2. The van der Waals surface area contributed by atoms with Gasteiger partial charge in [-0.05, 0) is 18.9 Å². The van der Waals surface area contributed by atoms with Gasteiger partial charge in [-0.3, -0.25) is 4.79 Å². The third-order valence-corrected chi connectivity index (χ3v) is 4.99. The van der Waals surface area contributed by atoms with Crippen LogP contribution in [-0.2, 0) is 14.8 Å². The Morgan fingerprint density at radius 2 is 2.29 bits per heavy atom. The van der Waals surface area contributed by atoms with Gasteiger partial charge in [-0.1, -0.05) is 6.92 Å². The average Bonchev–Trinajstić information content (AvgIpc) is 2.70. The van der Waals surface area contributed by atoms with Gasteiger partial charge in [-0.25, -0.2) is 13.4 Å². The van der Waals surface area contributed by atoms with Crippen LogP contribution >= 0.6 is 0 Å². The molecule has 0 radical (unpaired) electrons. The van der Waals surface area contributed by atoms with E-state index in [1.807, 2.05) is 6.92 Å². The van der Waals surface area contributed by atoms with E-state index in [0.717, 1.165) is 13.0 Å². The van der Waals surface area contributed by atoms with E-state index in [1.54, 1.807) is 0 Å². The highest BCUT2D eigenvalue weighted by Gasteiger charge is 2.28. The van der Waals surface area contributed by atoms with Crippen LogP contribution in [0.2, 0.25) is 0 Å². The van der Waals surface area contributed by atoms with Gasteiger partial charge in [0.15, 0.2) is 0 Å². The molecule has 1 aromatic rings. The van der Waals surface area contributed by atoms with Crippen LogP contribution in [0.5, 0.6) is 0 Å². The smallest absolute Gasteiger partial charge is 0.243 e. The highest BCUT2D eigenvalue weighted by molar-refractivity contribution is 7.89. The van der Waals surface area contributed by atoms with Gasteiger partial charge >= 0.3 is 0 Å². The topological polar surface area (TPSA) is 91.4 Å². The number of hydrogen-bond acceptors (Lipinski definition) is 5. The van der Waals surface area contributed by atoms with E-state index in [1.165, 1.54) is 22.6 Å². The molecule has 116 valence electrons. The highest BCUT2D eigenvalue weighted by Crippen LogP contribution is 2.18. The number of anilines is 1. The van der Waals surface area contributed by atoms with Crippen LogP contribution in [0.1, 0.15) is 19.8 Å². The summed E-state index contributed by atoms with van der Waals surface area (Å²) in [7, 11) is -3.67. The monoisotopic (exact) mass is 312 g/mol. The summed E-state index contributed by atoms with van der Waals surface area (Å²) in [4.78, 5) is 15.8. The Labute approximate surface area is 124 Å². The third-order valence-electron chi connectivity index (χ3n) is 3.15. The first-order chi connectivity index (χ1) is 10.0. The maximum absolute atomic E-state index is 12.6. The van der Waals surface area contributed by atoms with Crippen LogP contribution in [0.15, 0.2) is 23.2 Å². The first kappa shape index (κ1) is 15.7. The molecule has 2 heterocycles. The van der Waals surface area contributed by atoms with E-state index in [9.17, 15) is 13.2 Å². The van der Waals surface area contributed by atoms with Gasteiger partial charge in [0.1, 0.15) is 5.82 Å². The minimum atomic E-state index is -3.67. The summed E-state index contributed by atoms with van der Waals surface area (Å²) < 4.78 is 26.4. The second kappa shape index (κ2) is 6.86. The lowest BCUT2D eigenvalue weighted by Crippen LogP contribution is -2.37. The van der Waals surface area contributed by atoms with Gasteiger partial charge in [0, 0.05) is 31.9 Å². The predicted molar refractivity (Wildman–Crippen MR) is 79.4 cm³/mol. The molecule has 0 aromatic carbocycles. The van der Waals surface area contributed by atoms with E-state index >= 15 is 0 Å². The summed E-state index contributed by atoms with van der Waals surface area (Å²) in [6.07, 6.45) is 2.99. The van der Waals surface area contributed by atoms with Gasteiger partial charge in [0.25, 0.3) is 0 Å². The molecule has 7 nitrogen and oxygen atoms in total. The van der Waals surface area contributed by atoms with Crippen LogP contribution in [-0.4, -0.2) is 49.8 Å². The molecule has 0 unspecified atom stereocenters. The summed E-state index contributed by atoms with van der Waals surface area (Å²) in [5.41, 5.74) is 0. The quantitative estimate of drug-likeness (QED) is 0.822. The van der Waals surface area contributed by atoms with Crippen LogP contribution in [0.4, 0.5) is 5.82 Å². The van der Waals surface area contributed by atoms with E-state index in [2.05, 4.69) is 15.6 Å². The van der Waals surface area contributed by atoms with Crippen molar-refractivity contribution in [2.75, 3.05) is 31.5 Å². The fraction of sp³-hybridized carbons (Fsp3) is 0.538. The molecule has 0 aliphatic carbocycles. The lowest BCUT2D eigenvalue weighted by Gasteiger charge is -2.19.